The van der Waals surface area contributed by atoms with Gasteiger partial charge in [-0.15, -0.1) is 0 Å². The first kappa shape index (κ1) is 15.8. The van der Waals surface area contributed by atoms with E-state index in [1.165, 1.54) is 12.1 Å². The molecule has 2 bridgehead atoms. The van der Waals surface area contributed by atoms with Crippen LogP contribution >= 0.6 is 0 Å². The molecule has 0 aromatic heterocycles. The number of nitrogens with one attached hydrogen (secondary N) is 1. The summed E-state index contributed by atoms with van der Waals surface area (Å²) in [6.07, 6.45) is 6.15. The van der Waals surface area contributed by atoms with E-state index in [1.54, 1.807) is 0 Å². The predicted octanol–water partition coefficient (Wildman–Crippen LogP) is 2.13. The van der Waals surface area contributed by atoms with E-state index < -0.39 is 0 Å². The summed E-state index contributed by atoms with van der Waals surface area (Å²) in [6, 6.07) is 7.02. The van der Waals surface area contributed by atoms with Crippen molar-refractivity contribution in [1.82, 2.24) is 15.3 Å². The van der Waals surface area contributed by atoms with E-state index in [0.717, 1.165) is 63.0 Å². The minimum absolute atomic E-state index is 0.211. The van der Waals surface area contributed by atoms with Gasteiger partial charge in [0.15, 0.2) is 0 Å². The summed E-state index contributed by atoms with van der Waals surface area (Å²) < 4.78 is 13.0. The zero-order valence-corrected chi connectivity index (χ0v) is 13.9. The van der Waals surface area contributed by atoms with Crippen LogP contribution < -0.4 is 5.43 Å². The molecule has 1 aromatic carbocycles. The van der Waals surface area contributed by atoms with E-state index in [0.29, 0.717) is 12.0 Å². The predicted molar refractivity (Wildman–Crippen MR) is 90.6 cm³/mol. The van der Waals surface area contributed by atoms with Crippen molar-refractivity contribution in [2.75, 3.05) is 26.2 Å². The van der Waals surface area contributed by atoms with Gasteiger partial charge in [-0.3, -0.25) is 10.2 Å². The van der Waals surface area contributed by atoms with Crippen LogP contribution in [-0.2, 0) is 11.2 Å². The maximum Gasteiger partial charge on any atom is 0.250 e. The molecule has 0 spiro atoms. The van der Waals surface area contributed by atoms with E-state index in [9.17, 15) is 9.18 Å². The first-order chi connectivity index (χ1) is 11.7. The van der Waals surface area contributed by atoms with Crippen LogP contribution in [0.25, 0.3) is 0 Å². The molecular weight excluding hydrogens is 305 g/mol. The fourth-order valence-electron chi connectivity index (χ4n) is 3.75. The molecule has 2 aliphatic heterocycles. The number of carbonyl (C=O) groups is 1. The summed E-state index contributed by atoms with van der Waals surface area (Å²) in [7, 11) is 0. The molecule has 1 amide bonds. The summed E-state index contributed by atoms with van der Waals surface area (Å²) in [5.41, 5.74) is 5.46. The van der Waals surface area contributed by atoms with Gasteiger partial charge in [0.2, 0.25) is 5.91 Å². The van der Waals surface area contributed by atoms with E-state index in [2.05, 4.69) is 21.4 Å². The lowest BCUT2D eigenvalue weighted by Gasteiger charge is -2.39. The number of nitrogens with zero attached hydrogens (tertiary/aromatic N) is 2. The fraction of sp³-hybridized carbons (Fsp3) is 0.526. The third kappa shape index (κ3) is 3.37. The first-order valence-corrected chi connectivity index (χ1v) is 8.94. The smallest absolute Gasteiger partial charge is 0.250 e. The normalized spacial score (nSPS) is 26.0. The minimum Gasteiger partial charge on any atom is -0.336 e. The Kier molecular flexibility index (Phi) is 4.37. The molecule has 3 aliphatic rings. The Morgan fingerprint density at radius 2 is 2.04 bits per heavy atom. The maximum atomic E-state index is 13.1. The van der Waals surface area contributed by atoms with Gasteiger partial charge in [-0.05, 0) is 43.4 Å². The van der Waals surface area contributed by atoms with Crippen molar-refractivity contribution < 1.29 is 9.18 Å². The molecule has 24 heavy (non-hydrogen) atoms. The number of fused-ring (bicyclic) bond motifs is 2. The third-order valence-electron chi connectivity index (χ3n) is 5.29. The average molecular weight is 329 g/mol. The highest BCUT2D eigenvalue weighted by Crippen LogP contribution is 2.32. The summed E-state index contributed by atoms with van der Waals surface area (Å²) in [5.74, 6) is 0.377. The highest BCUT2D eigenvalue weighted by atomic mass is 19.1. The second-order valence-corrected chi connectivity index (χ2v) is 7.06. The minimum atomic E-state index is -0.211. The van der Waals surface area contributed by atoms with Gasteiger partial charge in [0, 0.05) is 43.7 Å². The molecule has 2 heterocycles. The monoisotopic (exact) mass is 329 g/mol. The van der Waals surface area contributed by atoms with E-state index in [1.807, 2.05) is 12.1 Å². The Labute approximate surface area is 142 Å². The van der Waals surface area contributed by atoms with Gasteiger partial charge in [-0.1, -0.05) is 18.2 Å². The van der Waals surface area contributed by atoms with Crippen LogP contribution in [-0.4, -0.2) is 48.0 Å². The van der Waals surface area contributed by atoms with Gasteiger partial charge < -0.3 is 4.90 Å². The second kappa shape index (κ2) is 6.65. The topological polar surface area (TPSA) is 35.6 Å². The quantitative estimate of drug-likeness (QED) is 0.899. The molecule has 2 atom stereocenters. The lowest BCUT2D eigenvalue weighted by molar-refractivity contribution is -0.128. The summed E-state index contributed by atoms with van der Waals surface area (Å²) in [4.78, 5) is 15.2. The molecule has 2 fully saturated rings. The van der Waals surface area contributed by atoms with Crippen LogP contribution in [0.1, 0.15) is 24.8 Å². The molecule has 1 saturated carbocycles. The first-order valence-electron chi connectivity index (χ1n) is 8.94. The molecule has 4 nitrogen and oxygen atoms in total. The molecule has 1 aromatic rings. The maximum absolute atomic E-state index is 13.1. The third-order valence-corrected chi connectivity index (χ3v) is 5.29. The number of carbonyl (C=O) groups excluding carboxylic acids is 1. The van der Waals surface area contributed by atoms with Gasteiger partial charge in [0.1, 0.15) is 5.82 Å². The van der Waals surface area contributed by atoms with Crippen LogP contribution in [0.2, 0.25) is 0 Å². The highest BCUT2D eigenvalue weighted by molar-refractivity contribution is 5.94. The number of rotatable bonds is 5. The molecule has 1 aliphatic carbocycles. The number of benzene rings is 1. The van der Waals surface area contributed by atoms with E-state index in [-0.39, 0.29) is 11.7 Å². The van der Waals surface area contributed by atoms with Crippen molar-refractivity contribution in [3.05, 3.63) is 47.3 Å². The molecule has 0 radical (unpaired) electrons. The van der Waals surface area contributed by atoms with Gasteiger partial charge in [-0.2, -0.15) is 0 Å². The lowest BCUT2D eigenvalue weighted by Crippen LogP contribution is -2.52. The van der Waals surface area contributed by atoms with Gasteiger partial charge in [-0.25, -0.2) is 9.40 Å². The van der Waals surface area contributed by atoms with Crippen molar-refractivity contribution >= 4 is 5.91 Å². The van der Waals surface area contributed by atoms with E-state index in [4.69, 9.17) is 0 Å². The van der Waals surface area contributed by atoms with Gasteiger partial charge in [0.05, 0.1) is 0 Å². The zero-order chi connectivity index (χ0) is 16.5. The molecule has 1 saturated heterocycles. The van der Waals surface area contributed by atoms with Crippen molar-refractivity contribution in [2.24, 2.45) is 5.92 Å². The van der Waals surface area contributed by atoms with Crippen LogP contribution in [0.5, 0.6) is 0 Å². The van der Waals surface area contributed by atoms with Crippen LogP contribution in [0, 0.1) is 11.7 Å². The highest BCUT2D eigenvalue weighted by Gasteiger charge is 2.37. The Morgan fingerprint density at radius 1 is 1.25 bits per heavy atom. The van der Waals surface area contributed by atoms with Crippen molar-refractivity contribution in [3.8, 4) is 0 Å². The van der Waals surface area contributed by atoms with Gasteiger partial charge in [0.25, 0.3) is 0 Å². The Morgan fingerprint density at radius 3 is 2.79 bits per heavy atom. The molecule has 1 N–H and O–H groups in total. The number of amides is 1. The Balaban J connectivity index is 1.44. The SMILES string of the molecule is O=C(C1=CCN2CC1CCN2)N(CCc1ccc(F)cc1)C1CC1. The van der Waals surface area contributed by atoms with Crippen molar-refractivity contribution in [3.63, 3.8) is 0 Å². The molecular formula is C19H24FN3O. The molecule has 128 valence electrons. The van der Waals surface area contributed by atoms with Crippen LogP contribution in [0.4, 0.5) is 4.39 Å². The lowest BCUT2D eigenvalue weighted by atomic mass is 9.89. The standard InChI is InChI=1S/C19H24FN3O/c20-16-3-1-14(2-4-16)8-12-23(17-5-6-17)19(24)18-9-11-22-13-15(18)7-10-21-22/h1-4,9,15,17,21H,5-8,10-13H2. The van der Waals surface area contributed by atoms with Crippen LogP contribution in [0.3, 0.4) is 0 Å². The summed E-state index contributed by atoms with van der Waals surface area (Å²) in [6.45, 7) is 3.43. The number of hydrogen-bond acceptors (Lipinski definition) is 3. The van der Waals surface area contributed by atoms with Gasteiger partial charge >= 0.3 is 0 Å². The Bertz CT molecular complexity index is 639. The summed E-state index contributed by atoms with van der Waals surface area (Å²) >= 11 is 0. The molecule has 2 unspecified atom stereocenters. The fourth-order valence-corrected chi connectivity index (χ4v) is 3.75. The second-order valence-electron chi connectivity index (χ2n) is 7.06. The number of hydrazine groups is 1. The van der Waals surface area contributed by atoms with Crippen molar-refractivity contribution in [1.29, 1.82) is 0 Å². The molecule has 5 heteroatoms. The van der Waals surface area contributed by atoms with E-state index >= 15 is 0 Å². The van der Waals surface area contributed by atoms with Crippen LogP contribution in [0.15, 0.2) is 35.9 Å². The zero-order valence-electron chi connectivity index (χ0n) is 13.9. The largest absolute Gasteiger partial charge is 0.336 e. The summed E-state index contributed by atoms with van der Waals surface area (Å²) in [5, 5.41) is 2.20. The average Bonchev–Trinajstić information content (AvgIpc) is 3.42. The molecule has 4 rings (SSSR count). The Hall–Kier alpha value is -1.72. The van der Waals surface area contributed by atoms with Crippen molar-refractivity contribution in [2.45, 2.75) is 31.7 Å². The number of hydrogen-bond donors (Lipinski definition) is 1. The number of halogens is 1.